The Morgan fingerprint density at radius 2 is 1.67 bits per heavy atom. The molecular weight excluding hydrogens is 353 g/mol. The van der Waals surface area contributed by atoms with Crippen LogP contribution in [0, 0.1) is 0 Å². The van der Waals surface area contributed by atoms with Crippen LogP contribution in [0.2, 0.25) is 15.1 Å². The van der Waals surface area contributed by atoms with Gasteiger partial charge < -0.3 is 5.32 Å². The van der Waals surface area contributed by atoms with Gasteiger partial charge in [0, 0.05) is 5.02 Å². The third kappa shape index (κ3) is 2.73. The highest BCUT2D eigenvalue weighted by molar-refractivity contribution is 7.91. The van der Waals surface area contributed by atoms with E-state index in [1.807, 2.05) is 0 Å². The minimum absolute atomic E-state index is 0.0262. The summed E-state index contributed by atoms with van der Waals surface area (Å²) < 4.78 is 24.3. The molecule has 1 heterocycles. The Morgan fingerprint density at radius 1 is 1.05 bits per heavy atom. The number of hydrogen-bond acceptors (Lipinski definition) is 3. The molecule has 1 aliphatic heterocycles. The van der Waals surface area contributed by atoms with E-state index in [9.17, 15) is 8.42 Å². The molecule has 0 fully saturated rings. The number of fused-ring (bicyclic) bond motifs is 1. The van der Waals surface area contributed by atoms with Crippen molar-refractivity contribution in [1.82, 2.24) is 0 Å². The van der Waals surface area contributed by atoms with E-state index < -0.39 is 9.84 Å². The minimum atomic E-state index is -3.28. The van der Waals surface area contributed by atoms with Crippen LogP contribution < -0.4 is 5.32 Å². The molecule has 1 N–H and O–H groups in total. The molecule has 0 amide bonds. The monoisotopic (exact) mass is 361 g/mol. The SMILES string of the molecule is O=S1(=O)CC(Nc2c(Cl)cc(Cl)cc2Cl)c2ccccc21. The molecule has 1 aliphatic rings. The largest absolute Gasteiger partial charge is 0.375 e. The predicted molar refractivity (Wildman–Crippen MR) is 86.3 cm³/mol. The third-order valence-electron chi connectivity index (χ3n) is 3.34. The highest BCUT2D eigenvalue weighted by Crippen LogP contribution is 2.40. The van der Waals surface area contributed by atoms with Gasteiger partial charge in [0.1, 0.15) is 0 Å². The maximum absolute atomic E-state index is 12.2. The van der Waals surface area contributed by atoms with E-state index in [0.717, 1.165) is 5.56 Å². The Balaban J connectivity index is 2.02. The Kier molecular flexibility index (Phi) is 3.82. The van der Waals surface area contributed by atoms with E-state index in [0.29, 0.717) is 25.7 Å². The van der Waals surface area contributed by atoms with Gasteiger partial charge in [-0.25, -0.2) is 8.42 Å². The van der Waals surface area contributed by atoms with Crippen molar-refractivity contribution < 1.29 is 8.42 Å². The molecule has 0 spiro atoms. The molecule has 1 unspecified atom stereocenters. The molecule has 0 saturated carbocycles. The average molecular weight is 363 g/mol. The van der Waals surface area contributed by atoms with Gasteiger partial charge >= 0.3 is 0 Å². The van der Waals surface area contributed by atoms with Gasteiger partial charge in [0.2, 0.25) is 0 Å². The first-order valence-corrected chi connectivity index (χ1v) is 8.90. The molecule has 1 atom stereocenters. The summed E-state index contributed by atoms with van der Waals surface area (Å²) in [7, 11) is -3.28. The van der Waals surface area contributed by atoms with Crippen molar-refractivity contribution in [1.29, 1.82) is 0 Å². The van der Waals surface area contributed by atoms with Crippen LogP contribution >= 0.6 is 34.8 Å². The number of benzene rings is 2. The molecule has 0 aliphatic carbocycles. The summed E-state index contributed by atoms with van der Waals surface area (Å²) >= 11 is 18.1. The standard InChI is InChI=1S/C14H10Cl3NO2S/c15-8-5-10(16)14(11(17)6-8)18-12-7-21(19,20)13-4-2-1-3-9(12)13/h1-6,12,18H,7H2. The molecule has 2 aromatic carbocycles. The molecule has 0 saturated heterocycles. The number of anilines is 1. The summed E-state index contributed by atoms with van der Waals surface area (Å²) in [5, 5.41) is 4.25. The van der Waals surface area contributed by atoms with Gasteiger partial charge in [-0.05, 0) is 23.8 Å². The van der Waals surface area contributed by atoms with Crippen molar-refractivity contribution in [3.05, 3.63) is 57.0 Å². The quantitative estimate of drug-likeness (QED) is 0.850. The van der Waals surface area contributed by atoms with E-state index in [2.05, 4.69) is 5.32 Å². The molecule has 2 aromatic rings. The molecule has 0 radical (unpaired) electrons. The van der Waals surface area contributed by atoms with Crippen LogP contribution in [-0.2, 0) is 9.84 Å². The minimum Gasteiger partial charge on any atom is -0.375 e. The molecule has 0 aromatic heterocycles. The van der Waals surface area contributed by atoms with Gasteiger partial charge in [-0.2, -0.15) is 0 Å². The molecule has 21 heavy (non-hydrogen) atoms. The topological polar surface area (TPSA) is 46.2 Å². The summed E-state index contributed by atoms with van der Waals surface area (Å²) in [5.41, 5.74) is 1.21. The Morgan fingerprint density at radius 3 is 2.33 bits per heavy atom. The van der Waals surface area contributed by atoms with Crippen LogP contribution in [0.25, 0.3) is 0 Å². The summed E-state index contributed by atoms with van der Waals surface area (Å²) in [4.78, 5) is 0.351. The third-order valence-corrected chi connectivity index (χ3v) is 5.97. The van der Waals surface area contributed by atoms with Gasteiger partial charge in [-0.15, -0.1) is 0 Å². The first kappa shape index (κ1) is 15.0. The zero-order chi connectivity index (χ0) is 15.2. The molecule has 110 valence electrons. The van der Waals surface area contributed by atoms with E-state index in [1.54, 1.807) is 36.4 Å². The smallest absolute Gasteiger partial charge is 0.181 e. The number of hydrogen-bond donors (Lipinski definition) is 1. The van der Waals surface area contributed by atoms with Crippen molar-refractivity contribution in [2.45, 2.75) is 10.9 Å². The van der Waals surface area contributed by atoms with Crippen LogP contribution in [0.15, 0.2) is 41.3 Å². The first-order chi connectivity index (χ1) is 9.88. The summed E-state index contributed by atoms with van der Waals surface area (Å²) in [6.45, 7) is 0. The number of sulfone groups is 1. The Bertz CT molecular complexity index is 798. The summed E-state index contributed by atoms with van der Waals surface area (Å²) in [6, 6.07) is 9.65. The van der Waals surface area contributed by atoms with Crippen LogP contribution in [0.1, 0.15) is 11.6 Å². The van der Waals surface area contributed by atoms with Crippen molar-refractivity contribution in [2.75, 3.05) is 11.1 Å². The highest BCUT2D eigenvalue weighted by atomic mass is 35.5. The van der Waals surface area contributed by atoms with E-state index in [1.165, 1.54) is 0 Å². The summed E-state index contributed by atoms with van der Waals surface area (Å²) in [6.07, 6.45) is 0. The molecule has 3 rings (SSSR count). The molecule has 0 bridgehead atoms. The Labute approximate surface area is 137 Å². The number of rotatable bonds is 2. The second-order valence-electron chi connectivity index (χ2n) is 4.76. The van der Waals surface area contributed by atoms with Crippen molar-refractivity contribution >= 4 is 50.3 Å². The van der Waals surface area contributed by atoms with Gasteiger partial charge in [-0.1, -0.05) is 53.0 Å². The second-order valence-corrected chi connectivity index (χ2v) is 8.01. The zero-order valence-electron chi connectivity index (χ0n) is 10.6. The lowest BCUT2D eigenvalue weighted by Gasteiger charge is -2.17. The van der Waals surface area contributed by atoms with Gasteiger partial charge in [-0.3, -0.25) is 0 Å². The zero-order valence-corrected chi connectivity index (χ0v) is 13.7. The van der Waals surface area contributed by atoms with Crippen molar-refractivity contribution in [2.24, 2.45) is 0 Å². The Hall–Kier alpha value is -0.940. The fourth-order valence-electron chi connectivity index (χ4n) is 2.42. The van der Waals surface area contributed by atoms with Gasteiger partial charge in [0.25, 0.3) is 0 Å². The second kappa shape index (κ2) is 5.36. The summed E-state index contributed by atoms with van der Waals surface area (Å²) in [5.74, 6) is -0.0262. The average Bonchev–Trinajstić information content (AvgIpc) is 2.66. The van der Waals surface area contributed by atoms with Crippen molar-refractivity contribution in [3.63, 3.8) is 0 Å². The predicted octanol–water partition coefficient (Wildman–Crippen LogP) is 4.59. The van der Waals surface area contributed by atoms with E-state index in [4.69, 9.17) is 34.8 Å². The van der Waals surface area contributed by atoms with E-state index in [-0.39, 0.29) is 11.8 Å². The lowest BCUT2D eigenvalue weighted by Crippen LogP contribution is -2.13. The highest BCUT2D eigenvalue weighted by Gasteiger charge is 2.34. The van der Waals surface area contributed by atoms with Crippen LogP contribution in [-0.4, -0.2) is 14.2 Å². The number of nitrogens with one attached hydrogen (secondary N) is 1. The maximum atomic E-state index is 12.2. The first-order valence-electron chi connectivity index (χ1n) is 6.11. The fourth-order valence-corrected chi connectivity index (χ4v) is 5.09. The van der Waals surface area contributed by atoms with Crippen molar-refractivity contribution in [3.8, 4) is 0 Å². The molecule has 3 nitrogen and oxygen atoms in total. The van der Waals surface area contributed by atoms with Gasteiger partial charge in [0.15, 0.2) is 9.84 Å². The van der Waals surface area contributed by atoms with Gasteiger partial charge in [0.05, 0.1) is 32.4 Å². The molecular formula is C14H10Cl3NO2S. The van der Waals surface area contributed by atoms with Crippen LogP contribution in [0.5, 0.6) is 0 Å². The normalized spacial score (nSPS) is 19.3. The van der Waals surface area contributed by atoms with Crippen LogP contribution in [0.3, 0.4) is 0 Å². The number of halogens is 3. The fraction of sp³-hybridized carbons (Fsp3) is 0.143. The maximum Gasteiger partial charge on any atom is 0.181 e. The van der Waals surface area contributed by atoms with Crippen LogP contribution in [0.4, 0.5) is 5.69 Å². The lowest BCUT2D eigenvalue weighted by molar-refractivity contribution is 0.598. The lowest BCUT2D eigenvalue weighted by atomic mass is 10.1. The molecule has 7 heteroatoms. The van der Waals surface area contributed by atoms with E-state index >= 15 is 0 Å².